The Kier molecular flexibility index (Phi) is 68.0. The number of phosphoric ester groups is 2. The molecule has 0 heterocycles. The third-order valence-corrected chi connectivity index (χ3v) is 17.6. The van der Waals surface area contributed by atoms with Gasteiger partial charge in [0.05, 0.1) is 26.4 Å². The average molecular weight is 1420 g/mol. The van der Waals surface area contributed by atoms with Gasteiger partial charge >= 0.3 is 39.5 Å². The van der Waals surface area contributed by atoms with Crippen molar-refractivity contribution < 1.29 is 80.2 Å². The molecule has 5 atom stereocenters. The molecule has 0 spiro atoms. The molecule has 564 valence electrons. The molecule has 98 heavy (non-hydrogen) atoms. The summed E-state index contributed by atoms with van der Waals surface area (Å²) in [6, 6.07) is 0. The summed E-state index contributed by atoms with van der Waals surface area (Å²) in [5.41, 5.74) is 0. The van der Waals surface area contributed by atoms with Crippen LogP contribution in [0.3, 0.4) is 0 Å². The second-order valence-electron chi connectivity index (χ2n) is 25.2. The highest BCUT2D eigenvalue weighted by atomic mass is 31.2. The Balaban J connectivity index is 5.40. The first-order valence-corrected chi connectivity index (χ1v) is 41.1. The molecule has 19 heteroatoms. The predicted molar refractivity (Wildman–Crippen MR) is 399 cm³/mol. The molecule has 5 unspecified atom stereocenters. The molecule has 0 aromatic heterocycles. The topological polar surface area (TPSA) is 237 Å². The van der Waals surface area contributed by atoms with Gasteiger partial charge in [-0.15, -0.1) is 0 Å². The zero-order valence-corrected chi connectivity index (χ0v) is 63.2. The summed E-state index contributed by atoms with van der Waals surface area (Å²) in [7, 11) is -9.97. The maximum Gasteiger partial charge on any atom is 0.472 e. The average Bonchev–Trinajstić information content (AvgIpc) is 0.992. The van der Waals surface area contributed by atoms with E-state index in [-0.39, 0.29) is 25.7 Å². The number of aliphatic hydroxyl groups is 1. The molecule has 3 N–H and O–H groups in total. The molecule has 0 rings (SSSR count). The number of allylic oxidation sites excluding steroid dienone is 18. The number of ether oxygens (including phenoxy) is 4. The van der Waals surface area contributed by atoms with Crippen LogP contribution in [0.2, 0.25) is 0 Å². The highest BCUT2D eigenvalue weighted by Crippen LogP contribution is 2.45. The molecular formula is C79H136O17P2. The van der Waals surface area contributed by atoms with Gasteiger partial charge in [-0.1, -0.05) is 259 Å². The molecule has 0 fully saturated rings. The number of carbonyl (C=O) groups is 4. The maximum atomic E-state index is 13.1. The summed E-state index contributed by atoms with van der Waals surface area (Å²) in [4.78, 5) is 72.7. The van der Waals surface area contributed by atoms with Crippen LogP contribution < -0.4 is 0 Å². The predicted octanol–water partition coefficient (Wildman–Crippen LogP) is 21.8. The third-order valence-electron chi connectivity index (χ3n) is 15.7. The number of esters is 4. The minimum Gasteiger partial charge on any atom is -0.462 e. The molecule has 0 saturated heterocycles. The summed E-state index contributed by atoms with van der Waals surface area (Å²) in [6.45, 7) is 4.59. The fourth-order valence-electron chi connectivity index (χ4n) is 9.86. The first-order valence-electron chi connectivity index (χ1n) is 38.1. The molecule has 0 aromatic carbocycles. The number of hydrogen-bond acceptors (Lipinski definition) is 15. The van der Waals surface area contributed by atoms with E-state index in [2.05, 4.69) is 119 Å². The van der Waals surface area contributed by atoms with Crippen molar-refractivity contribution in [3.8, 4) is 0 Å². The van der Waals surface area contributed by atoms with Crippen molar-refractivity contribution >= 4 is 39.5 Å². The molecule has 0 aliphatic rings. The molecule has 0 aliphatic carbocycles. The first-order chi connectivity index (χ1) is 47.7. The van der Waals surface area contributed by atoms with E-state index >= 15 is 0 Å². The van der Waals surface area contributed by atoms with Crippen LogP contribution in [0.25, 0.3) is 0 Å². The van der Waals surface area contributed by atoms with Crippen LogP contribution in [0.15, 0.2) is 109 Å². The summed E-state index contributed by atoms with van der Waals surface area (Å²) >= 11 is 0. The van der Waals surface area contributed by atoms with Crippen molar-refractivity contribution in [1.29, 1.82) is 0 Å². The monoisotopic (exact) mass is 1420 g/mol. The van der Waals surface area contributed by atoms with Crippen LogP contribution >= 0.6 is 15.6 Å². The van der Waals surface area contributed by atoms with Crippen LogP contribution in [0.4, 0.5) is 0 Å². The smallest absolute Gasteiger partial charge is 0.462 e. The summed E-state index contributed by atoms with van der Waals surface area (Å²) in [6.07, 6.45) is 75.3. The second kappa shape index (κ2) is 71.1. The minimum absolute atomic E-state index is 0.0337. The van der Waals surface area contributed by atoms with Crippen molar-refractivity contribution in [2.24, 2.45) is 0 Å². The summed E-state index contributed by atoms with van der Waals surface area (Å²) < 4.78 is 68.3. The number of phosphoric acid groups is 2. The van der Waals surface area contributed by atoms with Crippen molar-refractivity contribution in [3.05, 3.63) is 109 Å². The third kappa shape index (κ3) is 70.2. The maximum absolute atomic E-state index is 13.1. The molecule has 0 aliphatic heterocycles. The van der Waals surface area contributed by atoms with Gasteiger partial charge < -0.3 is 33.8 Å². The van der Waals surface area contributed by atoms with Crippen molar-refractivity contribution in [1.82, 2.24) is 0 Å². The molecule has 0 bridgehead atoms. The fourth-order valence-corrected chi connectivity index (χ4v) is 11.4. The minimum atomic E-state index is -4.99. The Morgan fingerprint density at radius 1 is 0.296 bits per heavy atom. The lowest BCUT2D eigenvalue weighted by molar-refractivity contribution is -0.161. The van der Waals surface area contributed by atoms with Gasteiger partial charge in [0.15, 0.2) is 12.2 Å². The van der Waals surface area contributed by atoms with E-state index in [1.54, 1.807) is 0 Å². The van der Waals surface area contributed by atoms with Crippen LogP contribution in [-0.2, 0) is 65.4 Å². The molecule has 17 nitrogen and oxygen atoms in total. The van der Waals surface area contributed by atoms with Gasteiger partial charge in [-0.3, -0.25) is 37.3 Å². The van der Waals surface area contributed by atoms with E-state index in [0.29, 0.717) is 32.1 Å². The Bertz CT molecular complexity index is 2290. The number of rotatable bonds is 71. The Morgan fingerprint density at radius 3 is 0.918 bits per heavy atom. The fraction of sp³-hybridized carbons (Fsp3) is 0.722. The van der Waals surface area contributed by atoms with Crippen LogP contribution in [-0.4, -0.2) is 96.7 Å². The normalized spacial score (nSPS) is 14.6. The van der Waals surface area contributed by atoms with E-state index in [0.717, 1.165) is 148 Å². The second-order valence-corrected chi connectivity index (χ2v) is 28.1. The number of carbonyl (C=O) groups excluding carboxylic acids is 4. The van der Waals surface area contributed by atoms with Crippen molar-refractivity contribution in [2.45, 2.75) is 329 Å². The highest BCUT2D eigenvalue weighted by molar-refractivity contribution is 7.47. The zero-order chi connectivity index (χ0) is 71.8. The van der Waals surface area contributed by atoms with Crippen LogP contribution in [0.1, 0.15) is 310 Å². The van der Waals surface area contributed by atoms with Gasteiger partial charge in [0.25, 0.3) is 0 Å². The van der Waals surface area contributed by atoms with Crippen LogP contribution in [0, 0.1) is 0 Å². The van der Waals surface area contributed by atoms with Gasteiger partial charge in [-0.2, -0.15) is 0 Å². The van der Waals surface area contributed by atoms with Gasteiger partial charge in [-0.25, -0.2) is 9.13 Å². The van der Waals surface area contributed by atoms with E-state index in [1.807, 2.05) is 18.2 Å². The van der Waals surface area contributed by atoms with Gasteiger partial charge in [-0.05, 0) is 135 Å². The summed E-state index contributed by atoms with van der Waals surface area (Å²) in [5, 5.41) is 10.6. The lowest BCUT2D eigenvalue weighted by Gasteiger charge is -2.21. The van der Waals surface area contributed by atoms with Gasteiger partial charge in [0.2, 0.25) is 0 Å². The van der Waals surface area contributed by atoms with E-state index in [1.165, 1.54) is 77.0 Å². The van der Waals surface area contributed by atoms with Gasteiger partial charge in [0, 0.05) is 25.7 Å². The summed E-state index contributed by atoms with van der Waals surface area (Å²) in [5.74, 6) is -2.30. The molecule has 0 amide bonds. The van der Waals surface area contributed by atoms with E-state index < -0.39 is 97.5 Å². The van der Waals surface area contributed by atoms with Crippen LogP contribution in [0.5, 0.6) is 0 Å². The largest absolute Gasteiger partial charge is 0.472 e. The Morgan fingerprint density at radius 2 is 0.561 bits per heavy atom. The zero-order valence-electron chi connectivity index (χ0n) is 61.4. The number of aliphatic hydroxyl groups excluding tert-OH is 1. The first kappa shape index (κ1) is 93.7. The standard InChI is InChI=1S/C79H136O17P2/c1-5-9-13-17-21-25-29-32-34-35-36-37-39-41-45-48-52-56-60-64-77(82)90-70-75(96-79(84)66-62-58-54-50-46-42-38-33-30-26-22-18-14-10-6-2)72-94-98(87,88)92-68-73(80)67-91-97(85,86)93-71-74(95-78(83)65-61-57-53-49-43-28-24-20-16-12-8-4)69-89-76(81)63-59-55-51-47-44-40-31-27-23-19-15-11-7-3/h9,13,20-21,24-25,27,31-34,36-38,41,45,52,56,73-75,80H,5-8,10-12,14-19,22-23,26,28-30,35,39-40,42-44,46-51,53-55,57-72H2,1-4H3,(H,85,86)(H,87,88)/b13-9-,24-20-,25-21-,31-27-,34-32-,37-36-,38-33-,45-41-,56-52-. The molecular weight excluding hydrogens is 1280 g/mol. The lowest BCUT2D eigenvalue weighted by Crippen LogP contribution is -2.30. The SMILES string of the molecule is CC/C=C\C/C=C\C/C=C\C/C=C\C/C=C\C/C=C\CCC(=O)OCC(COP(=O)(O)OCC(O)COP(=O)(O)OCC(COC(=O)CCCCCCC/C=C\CCCCCC)OC(=O)CCCCCCC/C=C\CCCC)OC(=O)CCCCCCC/C=C\CCCCCCCC. The quantitative estimate of drug-likeness (QED) is 0.0169. The Hall–Kier alpha value is -4.28. The van der Waals surface area contributed by atoms with Gasteiger partial charge in [0.1, 0.15) is 19.3 Å². The highest BCUT2D eigenvalue weighted by Gasteiger charge is 2.30. The van der Waals surface area contributed by atoms with E-state index in [9.17, 15) is 43.2 Å². The molecule has 0 saturated carbocycles. The molecule has 0 aromatic rings. The van der Waals surface area contributed by atoms with Crippen molar-refractivity contribution in [3.63, 3.8) is 0 Å². The van der Waals surface area contributed by atoms with E-state index in [4.69, 9.17) is 37.0 Å². The van der Waals surface area contributed by atoms with Crippen molar-refractivity contribution in [2.75, 3.05) is 39.6 Å². The Labute approximate surface area is 594 Å². The number of unbranched alkanes of at least 4 members (excludes halogenated alkanes) is 27. The lowest BCUT2D eigenvalue weighted by atomic mass is 10.1. The molecule has 0 radical (unpaired) electrons. The number of hydrogen-bond donors (Lipinski definition) is 3.